The number of aromatic nitrogens is 4. The van der Waals surface area contributed by atoms with Gasteiger partial charge in [0.25, 0.3) is 0 Å². The molecule has 2 aliphatic rings. The van der Waals surface area contributed by atoms with Gasteiger partial charge in [-0.25, -0.2) is 15.0 Å². The maximum atomic E-state index is 10.1. The summed E-state index contributed by atoms with van der Waals surface area (Å²) in [6.45, 7) is 6.36. The number of hydrogen-bond acceptors (Lipinski definition) is 9. The fourth-order valence-electron chi connectivity index (χ4n) is 4.06. The highest BCUT2D eigenvalue weighted by molar-refractivity contribution is 5.78. The van der Waals surface area contributed by atoms with Crippen LogP contribution in [0.1, 0.15) is 18.5 Å². The minimum Gasteiger partial charge on any atom is -0.391 e. The number of β-amino-alcohol motifs (C(OH)–C–C–N with tert-alkyl or cyclic N) is 1. The molecule has 0 aliphatic carbocycles. The van der Waals surface area contributed by atoms with Gasteiger partial charge in [-0.05, 0) is 31.9 Å². The Labute approximate surface area is 180 Å². The van der Waals surface area contributed by atoms with Gasteiger partial charge in [-0.15, -0.1) is 0 Å². The average molecular weight is 422 g/mol. The normalized spacial score (nSPS) is 19.6. The van der Waals surface area contributed by atoms with Crippen LogP contribution in [0.25, 0.3) is 22.6 Å². The van der Waals surface area contributed by atoms with E-state index in [-0.39, 0.29) is 6.10 Å². The maximum Gasteiger partial charge on any atom is 0.225 e. The van der Waals surface area contributed by atoms with Crippen LogP contribution in [0.5, 0.6) is 0 Å². The first-order valence-electron chi connectivity index (χ1n) is 10.7. The molecule has 5 rings (SSSR count). The number of aliphatic hydroxyl groups excluding tert-OH is 1. The molecule has 31 heavy (non-hydrogen) atoms. The summed E-state index contributed by atoms with van der Waals surface area (Å²) in [5, 5.41) is 14.1. The molecule has 2 saturated heterocycles. The van der Waals surface area contributed by atoms with Gasteiger partial charge in [0.1, 0.15) is 5.82 Å². The van der Waals surface area contributed by atoms with Crippen LogP contribution in [0.15, 0.2) is 35.1 Å². The molecule has 1 unspecified atom stereocenters. The van der Waals surface area contributed by atoms with Crippen LogP contribution < -0.4 is 9.80 Å². The number of pyridine rings is 1. The summed E-state index contributed by atoms with van der Waals surface area (Å²) in [5.74, 6) is 2.15. The fraction of sp³-hybridized carbons (Fsp3) is 0.455. The van der Waals surface area contributed by atoms with Crippen LogP contribution in [0.4, 0.5) is 11.8 Å². The Morgan fingerprint density at radius 1 is 1.06 bits per heavy atom. The van der Waals surface area contributed by atoms with Gasteiger partial charge in [0.15, 0.2) is 5.76 Å². The summed E-state index contributed by atoms with van der Waals surface area (Å²) in [4.78, 5) is 18.4. The van der Waals surface area contributed by atoms with Gasteiger partial charge in [0, 0.05) is 50.2 Å². The molecule has 0 amide bonds. The minimum absolute atomic E-state index is 0.355. The third kappa shape index (κ3) is 4.24. The molecule has 0 spiro atoms. The predicted octanol–water partition coefficient (Wildman–Crippen LogP) is 2.30. The Bertz CT molecular complexity index is 1030. The molecule has 0 radical (unpaired) electrons. The second-order valence-corrected chi connectivity index (χ2v) is 8.01. The van der Waals surface area contributed by atoms with E-state index in [0.717, 1.165) is 74.0 Å². The number of aryl methyl sites for hydroxylation is 1. The molecule has 0 bridgehead atoms. The summed E-state index contributed by atoms with van der Waals surface area (Å²) in [7, 11) is 0. The lowest BCUT2D eigenvalue weighted by atomic mass is 10.1. The summed E-state index contributed by atoms with van der Waals surface area (Å²) < 4.78 is 10.9. The van der Waals surface area contributed by atoms with E-state index in [1.165, 1.54) is 0 Å². The lowest BCUT2D eigenvalue weighted by Gasteiger charge is -2.30. The van der Waals surface area contributed by atoms with Crippen LogP contribution in [0.2, 0.25) is 0 Å². The van der Waals surface area contributed by atoms with E-state index < -0.39 is 0 Å². The molecular weight excluding hydrogens is 396 g/mol. The zero-order valence-electron chi connectivity index (χ0n) is 17.6. The highest BCUT2D eigenvalue weighted by atomic mass is 16.5. The first kappa shape index (κ1) is 19.9. The van der Waals surface area contributed by atoms with Crippen molar-refractivity contribution in [3.05, 3.63) is 36.3 Å². The first-order chi connectivity index (χ1) is 15.2. The standard InChI is InChI=1S/C22H26N6O3/c1-15-11-19(31-26-15)18-13-24-22(28-6-2-3-17(29)14-28)25-21(18)16-4-5-20(23-12-16)27-7-9-30-10-8-27/h4-5,11-13,17,29H,2-3,6-10,14H2,1H3. The average Bonchev–Trinajstić information content (AvgIpc) is 3.25. The molecule has 1 N–H and O–H groups in total. The quantitative estimate of drug-likeness (QED) is 0.679. The van der Waals surface area contributed by atoms with E-state index in [0.29, 0.717) is 18.3 Å². The number of aliphatic hydroxyl groups is 1. The highest BCUT2D eigenvalue weighted by Gasteiger charge is 2.23. The van der Waals surface area contributed by atoms with Crippen molar-refractivity contribution in [2.24, 2.45) is 0 Å². The highest BCUT2D eigenvalue weighted by Crippen LogP contribution is 2.32. The van der Waals surface area contributed by atoms with E-state index in [1.54, 1.807) is 6.20 Å². The molecule has 3 aromatic rings. The minimum atomic E-state index is -0.355. The zero-order chi connectivity index (χ0) is 21.2. The summed E-state index contributed by atoms with van der Waals surface area (Å²) in [5.41, 5.74) is 3.18. The van der Waals surface area contributed by atoms with Crippen molar-refractivity contribution in [2.75, 3.05) is 49.2 Å². The number of ether oxygens (including phenoxy) is 1. The zero-order valence-corrected chi connectivity index (χ0v) is 17.6. The molecule has 9 heteroatoms. The van der Waals surface area contributed by atoms with Crippen molar-refractivity contribution in [1.82, 2.24) is 20.1 Å². The fourth-order valence-corrected chi connectivity index (χ4v) is 4.06. The molecule has 0 aromatic carbocycles. The number of anilines is 2. The molecule has 2 aliphatic heterocycles. The number of nitrogens with zero attached hydrogens (tertiary/aromatic N) is 6. The molecule has 9 nitrogen and oxygen atoms in total. The predicted molar refractivity (Wildman–Crippen MR) is 116 cm³/mol. The lowest BCUT2D eigenvalue weighted by molar-refractivity contribution is 0.122. The Kier molecular flexibility index (Phi) is 5.52. The van der Waals surface area contributed by atoms with Crippen molar-refractivity contribution < 1.29 is 14.4 Å². The van der Waals surface area contributed by atoms with Gasteiger partial charge in [0.2, 0.25) is 5.95 Å². The van der Waals surface area contributed by atoms with E-state index in [2.05, 4.69) is 20.0 Å². The SMILES string of the molecule is Cc1cc(-c2cnc(N3CCCC(O)C3)nc2-c2ccc(N3CCOCC3)nc2)on1. The van der Waals surface area contributed by atoms with Crippen molar-refractivity contribution in [1.29, 1.82) is 0 Å². The summed E-state index contributed by atoms with van der Waals surface area (Å²) in [6.07, 6.45) is 4.99. The van der Waals surface area contributed by atoms with Crippen LogP contribution in [0.3, 0.4) is 0 Å². The molecule has 3 aromatic heterocycles. The summed E-state index contributed by atoms with van der Waals surface area (Å²) in [6, 6.07) is 5.92. The van der Waals surface area contributed by atoms with Gasteiger partial charge in [0.05, 0.1) is 36.3 Å². The van der Waals surface area contributed by atoms with Gasteiger partial charge in [-0.3, -0.25) is 0 Å². The number of rotatable bonds is 4. The molecule has 162 valence electrons. The van der Waals surface area contributed by atoms with E-state index in [9.17, 15) is 5.11 Å². The van der Waals surface area contributed by atoms with Crippen molar-refractivity contribution in [2.45, 2.75) is 25.9 Å². The third-order valence-corrected chi connectivity index (χ3v) is 5.71. The Morgan fingerprint density at radius 2 is 1.94 bits per heavy atom. The van der Waals surface area contributed by atoms with Crippen molar-refractivity contribution >= 4 is 11.8 Å². The van der Waals surface area contributed by atoms with E-state index in [4.69, 9.17) is 14.2 Å². The van der Waals surface area contributed by atoms with Crippen LogP contribution >= 0.6 is 0 Å². The van der Waals surface area contributed by atoms with E-state index >= 15 is 0 Å². The molecule has 2 fully saturated rings. The maximum absolute atomic E-state index is 10.1. The number of piperidine rings is 1. The van der Waals surface area contributed by atoms with E-state index in [1.807, 2.05) is 36.2 Å². The molecule has 0 saturated carbocycles. The first-order valence-corrected chi connectivity index (χ1v) is 10.7. The molecular formula is C22H26N6O3. The summed E-state index contributed by atoms with van der Waals surface area (Å²) >= 11 is 0. The van der Waals surface area contributed by atoms with Crippen molar-refractivity contribution in [3.63, 3.8) is 0 Å². The molecule has 1 atom stereocenters. The van der Waals surface area contributed by atoms with Crippen molar-refractivity contribution in [3.8, 4) is 22.6 Å². The lowest BCUT2D eigenvalue weighted by Crippen LogP contribution is -2.39. The van der Waals surface area contributed by atoms with Gasteiger partial charge < -0.3 is 24.2 Å². The third-order valence-electron chi connectivity index (χ3n) is 5.71. The topological polar surface area (TPSA) is 101 Å². The largest absolute Gasteiger partial charge is 0.391 e. The Hall–Kier alpha value is -3.04. The monoisotopic (exact) mass is 422 g/mol. The van der Waals surface area contributed by atoms with Gasteiger partial charge >= 0.3 is 0 Å². The number of hydrogen-bond donors (Lipinski definition) is 1. The van der Waals surface area contributed by atoms with Crippen LogP contribution in [0, 0.1) is 6.92 Å². The second kappa shape index (κ2) is 8.60. The van der Waals surface area contributed by atoms with Gasteiger partial charge in [-0.1, -0.05) is 5.16 Å². The van der Waals surface area contributed by atoms with Crippen LogP contribution in [-0.2, 0) is 4.74 Å². The Balaban J connectivity index is 1.51. The van der Waals surface area contributed by atoms with Crippen LogP contribution in [-0.4, -0.2) is 70.7 Å². The smallest absolute Gasteiger partial charge is 0.225 e. The second-order valence-electron chi connectivity index (χ2n) is 8.01. The molecule has 5 heterocycles. The Morgan fingerprint density at radius 3 is 2.65 bits per heavy atom. The number of morpholine rings is 1. The van der Waals surface area contributed by atoms with Gasteiger partial charge in [-0.2, -0.15) is 0 Å².